The van der Waals surface area contributed by atoms with Crippen LogP contribution in [0.15, 0.2) is 22.7 Å². The van der Waals surface area contributed by atoms with Crippen molar-refractivity contribution in [2.24, 2.45) is 0 Å². The molecule has 0 aliphatic carbocycles. The van der Waals surface area contributed by atoms with Crippen molar-refractivity contribution in [1.29, 1.82) is 0 Å². The van der Waals surface area contributed by atoms with E-state index in [9.17, 15) is 0 Å². The molecular formula is C11H13BrClN. The van der Waals surface area contributed by atoms with Crippen molar-refractivity contribution >= 4 is 27.5 Å². The Labute approximate surface area is 98.0 Å². The molecule has 0 amide bonds. The summed E-state index contributed by atoms with van der Waals surface area (Å²) in [5.41, 5.74) is 1.33. The monoisotopic (exact) mass is 273 g/mol. The number of benzene rings is 1. The van der Waals surface area contributed by atoms with Crippen molar-refractivity contribution < 1.29 is 0 Å². The molecule has 1 heterocycles. The van der Waals surface area contributed by atoms with Crippen LogP contribution in [0, 0.1) is 0 Å². The van der Waals surface area contributed by atoms with Gasteiger partial charge in [0.1, 0.15) is 0 Å². The van der Waals surface area contributed by atoms with Gasteiger partial charge >= 0.3 is 0 Å². The van der Waals surface area contributed by atoms with Crippen LogP contribution in [0.2, 0.25) is 5.02 Å². The Morgan fingerprint density at radius 2 is 2.21 bits per heavy atom. The molecule has 1 nitrogen and oxygen atoms in total. The first kappa shape index (κ1) is 10.5. The van der Waals surface area contributed by atoms with Crippen LogP contribution in [0.3, 0.4) is 0 Å². The number of hydrogen-bond donors (Lipinski definition) is 1. The highest BCUT2D eigenvalue weighted by Gasteiger charge is 2.16. The highest BCUT2D eigenvalue weighted by atomic mass is 79.9. The van der Waals surface area contributed by atoms with E-state index in [-0.39, 0.29) is 0 Å². The summed E-state index contributed by atoms with van der Waals surface area (Å²) >= 11 is 9.46. The first-order valence-electron chi connectivity index (χ1n) is 4.96. The molecule has 0 saturated carbocycles. The second-order valence-corrected chi connectivity index (χ2v) is 4.96. The minimum absolute atomic E-state index is 0.496. The second kappa shape index (κ2) is 4.65. The SMILES string of the molecule is Clc1ccc([C@H]2CCCCN2)c(Br)c1. The highest BCUT2D eigenvalue weighted by Crippen LogP contribution is 2.30. The molecule has 1 aliphatic rings. The fourth-order valence-electron chi connectivity index (χ4n) is 1.90. The summed E-state index contributed by atoms with van der Waals surface area (Å²) < 4.78 is 1.12. The van der Waals surface area contributed by atoms with E-state index in [0.29, 0.717) is 6.04 Å². The molecule has 1 fully saturated rings. The molecular weight excluding hydrogens is 261 g/mol. The van der Waals surface area contributed by atoms with Crippen LogP contribution in [0.25, 0.3) is 0 Å². The first-order valence-corrected chi connectivity index (χ1v) is 6.13. The summed E-state index contributed by atoms with van der Waals surface area (Å²) in [5.74, 6) is 0. The van der Waals surface area contributed by atoms with E-state index in [1.165, 1.54) is 24.8 Å². The van der Waals surface area contributed by atoms with Crippen LogP contribution in [0.1, 0.15) is 30.9 Å². The van der Waals surface area contributed by atoms with Gasteiger partial charge in [0.25, 0.3) is 0 Å². The summed E-state index contributed by atoms with van der Waals surface area (Å²) in [5, 5.41) is 4.31. The Hall–Kier alpha value is -0.0500. The van der Waals surface area contributed by atoms with Gasteiger partial charge in [-0.15, -0.1) is 0 Å². The third-order valence-electron chi connectivity index (χ3n) is 2.65. The Morgan fingerprint density at radius 3 is 2.86 bits per heavy atom. The lowest BCUT2D eigenvalue weighted by Gasteiger charge is -2.24. The van der Waals surface area contributed by atoms with Crippen molar-refractivity contribution in [2.45, 2.75) is 25.3 Å². The number of halogens is 2. The summed E-state index contributed by atoms with van der Waals surface area (Å²) in [4.78, 5) is 0. The molecule has 1 saturated heterocycles. The molecule has 1 aromatic rings. The minimum Gasteiger partial charge on any atom is -0.310 e. The lowest BCUT2D eigenvalue weighted by atomic mass is 9.98. The fourth-order valence-corrected chi connectivity index (χ4v) is 2.86. The molecule has 0 unspecified atom stereocenters. The van der Waals surface area contributed by atoms with Gasteiger partial charge in [-0.05, 0) is 37.1 Å². The molecule has 1 atom stereocenters. The number of piperidine rings is 1. The lowest BCUT2D eigenvalue weighted by Crippen LogP contribution is -2.26. The average molecular weight is 275 g/mol. The van der Waals surface area contributed by atoms with Crippen LogP contribution >= 0.6 is 27.5 Å². The summed E-state index contributed by atoms with van der Waals surface area (Å²) in [7, 11) is 0. The summed E-state index contributed by atoms with van der Waals surface area (Å²) in [6.07, 6.45) is 3.83. The van der Waals surface area contributed by atoms with Crippen LogP contribution in [0.5, 0.6) is 0 Å². The fraction of sp³-hybridized carbons (Fsp3) is 0.455. The van der Waals surface area contributed by atoms with E-state index in [2.05, 4.69) is 27.3 Å². The highest BCUT2D eigenvalue weighted by molar-refractivity contribution is 9.10. The smallest absolute Gasteiger partial charge is 0.0417 e. The van der Waals surface area contributed by atoms with Gasteiger partial charge in [0.05, 0.1) is 0 Å². The molecule has 0 radical (unpaired) electrons. The van der Waals surface area contributed by atoms with Crippen LogP contribution in [-0.4, -0.2) is 6.54 Å². The van der Waals surface area contributed by atoms with Gasteiger partial charge in [-0.3, -0.25) is 0 Å². The quantitative estimate of drug-likeness (QED) is 0.818. The maximum atomic E-state index is 5.91. The lowest BCUT2D eigenvalue weighted by molar-refractivity contribution is 0.411. The van der Waals surface area contributed by atoms with Crippen LogP contribution in [-0.2, 0) is 0 Å². The standard InChI is InChI=1S/C11H13BrClN/c12-10-7-8(13)4-5-9(10)11-3-1-2-6-14-11/h4-5,7,11,14H,1-3,6H2/t11-/m1/s1. The van der Waals surface area contributed by atoms with Gasteiger partial charge in [-0.25, -0.2) is 0 Å². The third-order valence-corrected chi connectivity index (χ3v) is 3.57. The van der Waals surface area contributed by atoms with E-state index in [1.807, 2.05) is 12.1 Å². The van der Waals surface area contributed by atoms with Crippen molar-refractivity contribution in [2.75, 3.05) is 6.54 Å². The number of nitrogens with one attached hydrogen (secondary N) is 1. The Balaban J connectivity index is 2.22. The Morgan fingerprint density at radius 1 is 1.36 bits per heavy atom. The predicted molar refractivity (Wildman–Crippen MR) is 63.7 cm³/mol. The van der Waals surface area contributed by atoms with Crippen molar-refractivity contribution in [3.05, 3.63) is 33.3 Å². The van der Waals surface area contributed by atoms with Gasteiger partial charge in [0, 0.05) is 15.5 Å². The van der Waals surface area contributed by atoms with E-state index in [4.69, 9.17) is 11.6 Å². The Bertz CT molecular complexity index is 321. The average Bonchev–Trinajstić information content (AvgIpc) is 2.19. The van der Waals surface area contributed by atoms with E-state index in [1.54, 1.807) is 0 Å². The molecule has 3 heteroatoms. The molecule has 1 aliphatic heterocycles. The zero-order valence-electron chi connectivity index (χ0n) is 7.89. The molecule has 0 aromatic heterocycles. The molecule has 1 aromatic carbocycles. The first-order chi connectivity index (χ1) is 6.77. The van der Waals surface area contributed by atoms with Gasteiger partial charge in [0.2, 0.25) is 0 Å². The van der Waals surface area contributed by atoms with Crippen LogP contribution < -0.4 is 5.32 Å². The summed E-state index contributed by atoms with van der Waals surface area (Å²) in [6, 6.07) is 6.52. The zero-order valence-corrected chi connectivity index (χ0v) is 10.2. The molecule has 0 spiro atoms. The maximum absolute atomic E-state index is 5.91. The summed E-state index contributed by atoms with van der Waals surface area (Å²) in [6.45, 7) is 1.12. The minimum atomic E-state index is 0.496. The Kier molecular flexibility index (Phi) is 3.47. The van der Waals surface area contributed by atoms with E-state index < -0.39 is 0 Å². The van der Waals surface area contributed by atoms with Crippen molar-refractivity contribution in [3.8, 4) is 0 Å². The normalized spacial score (nSPS) is 22.3. The molecule has 2 rings (SSSR count). The molecule has 14 heavy (non-hydrogen) atoms. The van der Waals surface area contributed by atoms with Gasteiger partial charge in [-0.2, -0.15) is 0 Å². The van der Waals surface area contributed by atoms with E-state index >= 15 is 0 Å². The number of rotatable bonds is 1. The zero-order chi connectivity index (χ0) is 9.97. The molecule has 1 N–H and O–H groups in total. The van der Waals surface area contributed by atoms with Gasteiger partial charge in [0.15, 0.2) is 0 Å². The van der Waals surface area contributed by atoms with Crippen molar-refractivity contribution in [1.82, 2.24) is 5.32 Å². The second-order valence-electron chi connectivity index (χ2n) is 3.67. The molecule has 0 bridgehead atoms. The maximum Gasteiger partial charge on any atom is 0.0417 e. The predicted octanol–water partition coefficient (Wildman–Crippen LogP) is 3.92. The van der Waals surface area contributed by atoms with E-state index in [0.717, 1.165) is 16.0 Å². The number of hydrogen-bond acceptors (Lipinski definition) is 1. The van der Waals surface area contributed by atoms with Crippen molar-refractivity contribution in [3.63, 3.8) is 0 Å². The van der Waals surface area contributed by atoms with Gasteiger partial charge < -0.3 is 5.32 Å². The largest absolute Gasteiger partial charge is 0.310 e. The van der Waals surface area contributed by atoms with Crippen LogP contribution in [0.4, 0.5) is 0 Å². The molecule has 76 valence electrons. The third kappa shape index (κ3) is 2.30. The van der Waals surface area contributed by atoms with Gasteiger partial charge in [-0.1, -0.05) is 40.0 Å². The topological polar surface area (TPSA) is 12.0 Å².